The molecule has 7 heteroatoms. The van der Waals surface area contributed by atoms with Gasteiger partial charge in [0.15, 0.2) is 0 Å². The predicted molar refractivity (Wildman–Crippen MR) is 151 cm³/mol. The van der Waals surface area contributed by atoms with Crippen molar-refractivity contribution in [2.24, 2.45) is 0 Å². The van der Waals surface area contributed by atoms with Gasteiger partial charge in [-0.3, -0.25) is 0 Å². The molecule has 1 aliphatic rings. The maximum atomic E-state index is 14.1. The molecule has 0 fully saturated rings. The van der Waals surface area contributed by atoms with E-state index >= 15 is 0 Å². The smallest absolute Gasteiger partial charge is 0.308 e. The van der Waals surface area contributed by atoms with Gasteiger partial charge >= 0.3 is 6.03 Å². The molecule has 3 heterocycles. The van der Waals surface area contributed by atoms with Crippen molar-refractivity contribution in [3.05, 3.63) is 130 Å². The number of benzene rings is 3. The molecule has 1 N–H and O–H groups in total. The minimum Gasteiger partial charge on any atom is -0.308 e. The Morgan fingerprint density at radius 1 is 1.00 bits per heavy atom. The third-order valence-corrected chi connectivity index (χ3v) is 7.23. The van der Waals surface area contributed by atoms with E-state index in [1.54, 1.807) is 12.1 Å². The summed E-state index contributed by atoms with van der Waals surface area (Å²) >= 11 is 6.22. The maximum Gasteiger partial charge on any atom is 0.322 e. The van der Waals surface area contributed by atoms with Crippen molar-refractivity contribution in [3.8, 4) is 11.5 Å². The molecule has 2 aromatic heterocycles. The highest BCUT2D eigenvalue weighted by Gasteiger charge is 2.36. The highest BCUT2D eigenvalue weighted by Crippen LogP contribution is 2.39. The summed E-state index contributed by atoms with van der Waals surface area (Å²) in [7, 11) is 0. The molecule has 5 aromatic rings. The first-order valence-electron chi connectivity index (χ1n) is 12.8. The van der Waals surface area contributed by atoms with Gasteiger partial charge in [-0.05, 0) is 61.4 Å². The van der Waals surface area contributed by atoms with Crippen LogP contribution in [0.5, 0.6) is 0 Å². The lowest BCUT2D eigenvalue weighted by Gasteiger charge is -2.31. The average Bonchev–Trinajstić information content (AvgIpc) is 3.50. The summed E-state index contributed by atoms with van der Waals surface area (Å²) in [6, 6.07) is 29.4. The van der Waals surface area contributed by atoms with Crippen LogP contribution in [0.3, 0.4) is 0 Å². The highest BCUT2D eigenvalue weighted by molar-refractivity contribution is 6.30. The maximum absolute atomic E-state index is 14.1. The number of rotatable bonds is 4. The highest BCUT2D eigenvalue weighted by atomic mass is 35.5. The zero-order chi connectivity index (χ0) is 26.2. The van der Waals surface area contributed by atoms with Crippen molar-refractivity contribution >= 4 is 23.3 Å². The van der Waals surface area contributed by atoms with Gasteiger partial charge in [-0.1, -0.05) is 72.6 Å². The summed E-state index contributed by atoms with van der Waals surface area (Å²) in [5.41, 5.74) is 6.82. The molecule has 6 nitrogen and oxygen atoms in total. The number of fused-ring (bicyclic) bond motifs is 3. The standard InChI is InChI=1S/C31H28ClN5O/c1-3-27-26-20-36(31(38)33-24-13-8-12-23(32)19-24)29(22-11-7-10-21(2)18-22)28-16-9-17-35(28)30(26)37(34-27)25-14-5-4-6-15-25/h4-19,29H,3,20H2,1-2H3,(H,33,38)/t29-/m0/s1. The van der Waals surface area contributed by atoms with E-state index in [9.17, 15) is 4.79 Å². The molecule has 0 radical (unpaired) electrons. The second-order valence-corrected chi connectivity index (χ2v) is 9.97. The van der Waals surface area contributed by atoms with Crippen LogP contribution in [0.2, 0.25) is 5.02 Å². The van der Waals surface area contributed by atoms with Gasteiger partial charge in [-0.15, -0.1) is 0 Å². The van der Waals surface area contributed by atoms with E-state index in [1.807, 2.05) is 52.0 Å². The van der Waals surface area contributed by atoms with Gasteiger partial charge < -0.3 is 14.8 Å². The lowest BCUT2D eigenvalue weighted by Crippen LogP contribution is -2.38. The Labute approximate surface area is 227 Å². The Morgan fingerprint density at radius 3 is 2.58 bits per heavy atom. The normalized spacial score (nSPS) is 14.5. The first kappa shape index (κ1) is 24.1. The van der Waals surface area contributed by atoms with Gasteiger partial charge in [-0.25, -0.2) is 9.48 Å². The van der Waals surface area contributed by atoms with Crippen molar-refractivity contribution in [1.29, 1.82) is 0 Å². The lowest BCUT2D eigenvalue weighted by atomic mass is 10.00. The number of anilines is 1. The van der Waals surface area contributed by atoms with Crippen molar-refractivity contribution in [1.82, 2.24) is 19.2 Å². The second kappa shape index (κ2) is 9.88. The van der Waals surface area contributed by atoms with Gasteiger partial charge in [-0.2, -0.15) is 5.10 Å². The number of amides is 2. The number of nitrogens with one attached hydrogen (secondary N) is 1. The summed E-state index contributed by atoms with van der Waals surface area (Å²) in [6.45, 7) is 4.58. The van der Waals surface area contributed by atoms with Crippen LogP contribution in [0.15, 0.2) is 97.2 Å². The zero-order valence-electron chi connectivity index (χ0n) is 21.3. The topological polar surface area (TPSA) is 55.1 Å². The van der Waals surface area contributed by atoms with Gasteiger partial charge in [0.2, 0.25) is 0 Å². The molecule has 1 aliphatic heterocycles. The Morgan fingerprint density at radius 2 is 1.82 bits per heavy atom. The van der Waals surface area contributed by atoms with Crippen LogP contribution in [0, 0.1) is 6.92 Å². The number of urea groups is 1. The third-order valence-electron chi connectivity index (χ3n) is 7.00. The van der Waals surface area contributed by atoms with Crippen molar-refractivity contribution in [3.63, 3.8) is 0 Å². The predicted octanol–water partition coefficient (Wildman–Crippen LogP) is 7.32. The van der Waals surface area contributed by atoms with E-state index < -0.39 is 0 Å². The quantitative estimate of drug-likeness (QED) is 0.269. The molecule has 0 saturated carbocycles. The van der Waals surface area contributed by atoms with Crippen LogP contribution in [0.1, 0.15) is 41.0 Å². The monoisotopic (exact) mass is 521 g/mol. The number of aryl methyl sites for hydroxylation is 2. The molecule has 1 atom stereocenters. The Kier molecular flexibility index (Phi) is 6.26. The van der Waals surface area contributed by atoms with Gasteiger partial charge in [0.05, 0.1) is 29.7 Å². The fourth-order valence-electron chi connectivity index (χ4n) is 5.30. The van der Waals surface area contributed by atoms with E-state index in [1.165, 1.54) is 0 Å². The minimum absolute atomic E-state index is 0.200. The molecule has 0 spiro atoms. The van der Waals surface area contributed by atoms with Crippen LogP contribution in [0.4, 0.5) is 10.5 Å². The molecule has 0 bridgehead atoms. The zero-order valence-corrected chi connectivity index (χ0v) is 22.1. The van der Waals surface area contributed by atoms with E-state index in [0.717, 1.165) is 46.0 Å². The van der Waals surface area contributed by atoms with Gasteiger partial charge in [0.25, 0.3) is 0 Å². The Balaban J connectivity index is 1.56. The van der Waals surface area contributed by atoms with E-state index in [0.29, 0.717) is 17.3 Å². The molecule has 190 valence electrons. The van der Waals surface area contributed by atoms with Crippen molar-refractivity contribution in [2.75, 3.05) is 5.32 Å². The first-order valence-corrected chi connectivity index (χ1v) is 13.1. The van der Waals surface area contributed by atoms with Crippen LogP contribution < -0.4 is 5.32 Å². The van der Waals surface area contributed by atoms with Crippen LogP contribution >= 0.6 is 11.6 Å². The molecule has 38 heavy (non-hydrogen) atoms. The summed E-state index contributed by atoms with van der Waals surface area (Å²) < 4.78 is 4.19. The number of aromatic nitrogens is 3. The van der Waals surface area contributed by atoms with Crippen LogP contribution in [0.25, 0.3) is 11.5 Å². The van der Waals surface area contributed by atoms with E-state index in [-0.39, 0.29) is 12.1 Å². The summed E-state index contributed by atoms with van der Waals surface area (Å²) in [4.78, 5) is 16.0. The molecule has 3 aromatic carbocycles. The third kappa shape index (κ3) is 4.27. The number of para-hydroxylation sites is 1. The van der Waals surface area contributed by atoms with E-state index in [4.69, 9.17) is 16.7 Å². The summed E-state index contributed by atoms with van der Waals surface area (Å²) in [5, 5.41) is 8.68. The molecule has 0 aliphatic carbocycles. The molecule has 2 amide bonds. The second-order valence-electron chi connectivity index (χ2n) is 9.54. The molecule has 6 rings (SSSR count). The fraction of sp³-hybridized carbons (Fsp3) is 0.161. The van der Waals surface area contributed by atoms with Gasteiger partial charge in [0, 0.05) is 22.5 Å². The SMILES string of the molecule is CCc1nn(-c2ccccc2)c2c1CN(C(=O)Nc1cccc(Cl)c1)[C@@H](c1cccc(C)c1)c1cccn1-2. The fourth-order valence-corrected chi connectivity index (χ4v) is 5.49. The molecular formula is C31H28ClN5O. The average molecular weight is 522 g/mol. The molecular weight excluding hydrogens is 494 g/mol. The number of hydrogen-bond acceptors (Lipinski definition) is 2. The Hall–Kier alpha value is -4.29. The number of carbonyl (C=O) groups is 1. The largest absolute Gasteiger partial charge is 0.322 e. The number of nitrogens with zero attached hydrogens (tertiary/aromatic N) is 4. The molecule has 0 saturated heterocycles. The van der Waals surface area contributed by atoms with E-state index in [2.05, 4.69) is 66.3 Å². The molecule has 0 unspecified atom stereocenters. The van der Waals surface area contributed by atoms with Crippen LogP contribution in [-0.4, -0.2) is 25.3 Å². The van der Waals surface area contributed by atoms with Crippen molar-refractivity contribution in [2.45, 2.75) is 32.9 Å². The minimum atomic E-state index is -0.314. The van der Waals surface area contributed by atoms with Crippen LogP contribution in [-0.2, 0) is 13.0 Å². The Bertz CT molecular complexity index is 1620. The summed E-state index contributed by atoms with van der Waals surface area (Å²) in [5.74, 6) is 0.962. The van der Waals surface area contributed by atoms with Crippen molar-refractivity contribution < 1.29 is 4.79 Å². The lowest BCUT2D eigenvalue weighted by molar-refractivity contribution is 0.194. The first-order chi connectivity index (χ1) is 18.5. The number of halogens is 1. The summed E-state index contributed by atoms with van der Waals surface area (Å²) in [6.07, 6.45) is 2.81. The van der Waals surface area contributed by atoms with Gasteiger partial charge in [0.1, 0.15) is 5.82 Å². The number of hydrogen-bond donors (Lipinski definition) is 1. The number of carbonyl (C=O) groups excluding carboxylic acids is 1.